The molecule has 0 aromatic heterocycles. The minimum Gasteiger partial charge on any atom is -0.508 e. The Morgan fingerprint density at radius 1 is 0.970 bits per heavy atom. The molecule has 2 aromatic rings. The van der Waals surface area contributed by atoms with E-state index in [-0.39, 0.29) is 61.4 Å². The van der Waals surface area contributed by atoms with Crippen molar-refractivity contribution in [1.82, 2.24) is 36.0 Å². The number of aromatic hydroxyl groups is 1. The third-order valence-electron chi connectivity index (χ3n) is 13.4. The minimum atomic E-state index is -4.86. The zero-order valence-electron chi connectivity index (χ0n) is 38.5. The van der Waals surface area contributed by atoms with Crippen molar-refractivity contribution in [3.8, 4) is 5.75 Å². The molecule has 0 bridgehead atoms. The van der Waals surface area contributed by atoms with E-state index in [2.05, 4.69) is 21.3 Å². The van der Waals surface area contributed by atoms with Crippen LogP contribution in [-0.2, 0) is 52.9 Å². The van der Waals surface area contributed by atoms with Gasteiger partial charge in [0, 0.05) is 50.1 Å². The normalized spacial score (nSPS) is 24.2. The number of hydrogen-bond acceptors (Lipinski definition) is 8. The van der Waals surface area contributed by atoms with E-state index >= 15 is 0 Å². The maximum atomic E-state index is 14.7. The average molecular weight is 979 g/mol. The molecule has 0 radical (unpaired) electrons. The van der Waals surface area contributed by atoms with Gasteiger partial charge in [-0.2, -0.15) is 13.2 Å². The number of rotatable bonds is 10. The molecule has 5 atom stereocenters. The molecule has 2 aliphatic heterocycles. The molecule has 2 aliphatic carbocycles. The fraction of sp³-hybridized carbons (Fsp3) is 0.596. The molecule has 366 valence electrons. The molecule has 2 aromatic carbocycles. The summed E-state index contributed by atoms with van der Waals surface area (Å²) in [6.07, 6.45) is -4.08. The zero-order chi connectivity index (χ0) is 49.3. The van der Waals surface area contributed by atoms with Gasteiger partial charge in [0.15, 0.2) is 0 Å². The fourth-order valence-corrected chi connectivity index (χ4v) is 9.37. The number of nitrogens with zero attached hydrogens (tertiary/aromatic N) is 3. The van der Waals surface area contributed by atoms with Gasteiger partial charge >= 0.3 is 6.18 Å². The predicted octanol–water partition coefficient (Wildman–Crippen LogP) is 4.81. The van der Waals surface area contributed by atoms with Gasteiger partial charge in [-0.1, -0.05) is 43.1 Å². The molecule has 6 rings (SSSR count). The third-order valence-corrected chi connectivity index (χ3v) is 14.0. The summed E-state index contributed by atoms with van der Waals surface area (Å²) < 4.78 is 42.9. The van der Waals surface area contributed by atoms with Crippen LogP contribution in [0.4, 0.5) is 13.2 Å². The summed E-state index contributed by atoms with van der Waals surface area (Å²) >= 11 is 12.8. The Balaban J connectivity index is 1.28. The first-order valence-corrected chi connectivity index (χ1v) is 23.5. The van der Waals surface area contributed by atoms with Crippen LogP contribution in [-0.4, -0.2) is 124 Å². The number of hydrogen-bond donors (Lipinski definition) is 5. The maximum Gasteiger partial charge on any atom is 0.403 e. The molecule has 1 saturated heterocycles. The number of nitrogens with one attached hydrogen (secondary N) is 4. The number of amides is 7. The molecular weight excluding hydrogens is 918 g/mol. The number of likely N-dealkylation sites (N-methyl/N-ethyl adjacent to an activating group) is 2. The van der Waals surface area contributed by atoms with Crippen LogP contribution in [0, 0.1) is 17.3 Å². The van der Waals surface area contributed by atoms with Crippen molar-refractivity contribution in [1.29, 1.82) is 0 Å². The number of phenolic OH excluding ortho intramolecular Hbond substituents is 1. The van der Waals surface area contributed by atoms with Crippen molar-refractivity contribution >= 4 is 64.6 Å². The highest BCUT2D eigenvalue weighted by molar-refractivity contribution is 6.33. The third kappa shape index (κ3) is 11.6. The summed E-state index contributed by atoms with van der Waals surface area (Å²) in [5.74, 6) is -5.92. The topological polar surface area (TPSA) is 198 Å². The number of phenols is 1. The van der Waals surface area contributed by atoms with Crippen LogP contribution >= 0.6 is 23.2 Å². The lowest BCUT2D eigenvalue weighted by atomic mass is 9.90. The summed E-state index contributed by atoms with van der Waals surface area (Å²) in [5, 5.41) is 22.0. The molecular formula is C47H60Cl2F3N7O8. The van der Waals surface area contributed by atoms with Gasteiger partial charge in [0.05, 0.1) is 0 Å². The van der Waals surface area contributed by atoms with Crippen LogP contribution in [0.5, 0.6) is 5.75 Å². The van der Waals surface area contributed by atoms with E-state index in [1.807, 2.05) is 13.8 Å². The smallest absolute Gasteiger partial charge is 0.403 e. The van der Waals surface area contributed by atoms with Crippen molar-refractivity contribution in [3.63, 3.8) is 0 Å². The Labute approximate surface area is 398 Å². The molecule has 4 aliphatic rings. The lowest BCUT2D eigenvalue weighted by molar-refractivity contribution is -0.201. The van der Waals surface area contributed by atoms with E-state index in [0.717, 1.165) is 4.90 Å². The summed E-state index contributed by atoms with van der Waals surface area (Å²) in [4.78, 5) is 103. The second-order valence-electron chi connectivity index (χ2n) is 19.4. The van der Waals surface area contributed by atoms with Crippen LogP contribution < -0.4 is 21.3 Å². The van der Waals surface area contributed by atoms with Crippen LogP contribution in [0.3, 0.4) is 0 Å². The number of benzene rings is 2. The Hall–Kier alpha value is -5.10. The van der Waals surface area contributed by atoms with E-state index in [1.165, 1.54) is 49.9 Å². The van der Waals surface area contributed by atoms with Gasteiger partial charge in [-0.25, -0.2) is 0 Å². The van der Waals surface area contributed by atoms with Gasteiger partial charge in [0.2, 0.25) is 41.4 Å². The van der Waals surface area contributed by atoms with Crippen molar-refractivity contribution in [3.05, 3.63) is 63.1 Å². The monoisotopic (exact) mass is 977 g/mol. The molecule has 20 heteroatoms. The molecule has 3 fully saturated rings. The average Bonchev–Trinajstić information content (AvgIpc) is 4.19. The second kappa shape index (κ2) is 20.2. The zero-order valence-corrected chi connectivity index (χ0v) is 40.0. The van der Waals surface area contributed by atoms with E-state index in [9.17, 15) is 51.8 Å². The first-order chi connectivity index (χ1) is 31.3. The number of fused-ring (bicyclic) bond motifs is 1. The lowest BCUT2D eigenvalue weighted by Gasteiger charge is -2.39. The molecule has 0 unspecified atom stereocenters. The van der Waals surface area contributed by atoms with Crippen LogP contribution in [0.2, 0.25) is 10.0 Å². The predicted molar refractivity (Wildman–Crippen MR) is 242 cm³/mol. The minimum absolute atomic E-state index is 0.0672. The summed E-state index contributed by atoms with van der Waals surface area (Å²) in [6.45, 7) is 6.54. The van der Waals surface area contributed by atoms with Crippen LogP contribution in [0.1, 0.15) is 95.8 Å². The first-order valence-electron chi connectivity index (χ1n) is 22.7. The standard InChI is InChI=1S/C47H60Cl2F3N7O8/c1-25(2)19-33-41(64)58(6)35(23-28-20-30(48)13-15-32(28)49)40(63)56-45(3,4)43(66)53-18-8-7-9-34(38(61)54-33)57(5)42(65)37(26-10-11-26)55-39(62)36-22-27-12-14-31(60)21-29(27)24-59(36)44(67)46(16-17-46)47(50,51)52/h12-15,20-21,25-26,33-37,60H,7-11,16-19,22-24H2,1-6H3,(H,53,66)(H,54,61)(H,55,62)(H,56,63)/t33-,34-,35-,36-,37-/m0/s1. The molecule has 7 amide bonds. The fourth-order valence-electron chi connectivity index (χ4n) is 8.98. The quantitative estimate of drug-likeness (QED) is 0.224. The van der Waals surface area contributed by atoms with Gasteiger partial charge < -0.3 is 41.1 Å². The highest BCUT2D eigenvalue weighted by Gasteiger charge is 2.70. The molecule has 15 nitrogen and oxygen atoms in total. The lowest BCUT2D eigenvalue weighted by Crippen LogP contribution is -2.62. The van der Waals surface area contributed by atoms with Crippen LogP contribution in [0.25, 0.3) is 0 Å². The van der Waals surface area contributed by atoms with E-state index < -0.39 is 102 Å². The van der Waals surface area contributed by atoms with Gasteiger partial charge in [-0.3, -0.25) is 33.6 Å². The first kappa shape index (κ1) is 51.3. The largest absolute Gasteiger partial charge is 0.508 e. The Morgan fingerprint density at radius 3 is 2.28 bits per heavy atom. The summed E-state index contributed by atoms with van der Waals surface area (Å²) in [7, 11) is 2.81. The molecule has 5 N–H and O–H groups in total. The van der Waals surface area contributed by atoms with Gasteiger partial charge in [-0.15, -0.1) is 0 Å². The van der Waals surface area contributed by atoms with Gasteiger partial charge in [0.1, 0.15) is 46.9 Å². The Kier molecular flexibility index (Phi) is 15.5. The molecule has 2 saturated carbocycles. The van der Waals surface area contributed by atoms with Crippen molar-refractivity contribution < 1.29 is 51.8 Å². The van der Waals surface area contributed by atoms with Crippen molar-refractivity contribution in [2.75, 3.05) is 20.6 Å². The number of carbonyl (C=O) groups is 7. The Bertz CT molecular complexity index is 2270. The number of halogens is 5. The highest BCUT2D eigenvalue weighted by Crippen LogP contribution is 2.59. The maximum absolute atomic E-state index is 14.7. The summed E-state index contributed by atoms with van der Waals surface area (Å²) in [6, 6.07) is 2.69. The number of alkyl halides is 3. The Morgan fingerprint density at radius 2 is 1.66 bits per heavy atom. The van der Waals surface area contributed by atoms with Crippen molar-refractivity contribution in [2.45, 2.75) is 140 Å². The second-order valence-corrected chi connectivity index (χ2v) is 20.3. The van der Waals surface area contributed by atoms with E-state index in [4.69, 9.17) is 23.2 Å². The highest BCUT2D eigenvalue weighted by atomic mass is 35.5. The molecule has 67 heavy (non-hydrogen) atoms. The summed E-state index contributed by atoms with van der Waals surface area (Å²) in [5.41, 5.74) is -2.67. The van der Waals surface area contributed by atoms with Gasteiger partial charge in [-0.05, 0) is 124 Å². The van der Waals surface area contributed by atoms with Crippen molar-refractivity contribution in [2.24, 2.45) is 17.3 Å². The van der Waals surface area contributed by atoms with Gasteiger partial charge in [0.25, 0.3) is 0 Å². The molecule has 2 heterocycles. The van der Waals surface area contributed by atoms with Crippen LogP contribution in [0.15, 0.2) is 36.4 Å². The SMILES string of the molecule is CC(C)C[C@@H]1NC(=O)[C@@H](N(C)C(=O)[C@@H](NC(=O)[C@@H]2Cc3ccc(O)cc3CN2C(=O)C2(C(F)(F)F)CC2)C2CC2)CCCCNC(=O)C(C)(C)NC(=O)[C@H](Cc2cc(Cl)ccc2Cl)N(C)C1=O. The van der Waals surface area contributed by atoms with E-state index in [1.54, 1.807) is 24.3 Å². The number of carbonyl (C=O) groups excluding carboxylic acids is 7. The molecule has 0 spiro atoms. The van der Waals surface area contributed by atoms with E-state index in [0.29, 0.717) is 47.4 Å².